The molecule has 0 aliphatic carbocycles. The highest BCUT2D eigenvalue weighted by molar-refractivity contribution is 5.48. The fourth-order valence-electron chi connectivity index (χ4n) is 1.73. The molecule has 0 aliphatic heterocycles. The molecule has 0 atom stereocenters. The van der Waals surface area contributed by atoms with Crippen molar-refractivity contribution in [2.24, 2.45) is 0 Å². The zero-order chi connectivity index (χ0) is 12.1. The van der Waals surface area contributed by atoms with Crippen LogP contribution in [0, 0.1) is 0 Å². The first-order valence-corrected chi connectivity index (χ1v) is 5.84. The van der Waals surface area contributed by atoms with Crippen molar-refractivity contribution in [3.63, 3.8) is 0 Å². The molecule has 0 radical (unpaired) electrons. The maximum Gasteiger partial charge on any atom is 0.120 e. The summed E-state index contributed by atoms with van der Waals surface area (Å²) in [7, 11) is 1.68. The smallest absolute Gasteiger partial charge is 0.120 e. The Labute approximate surface area is 102 Å². The van der Waals surface area contributed by atoms with Crippen molar-refractivity contribution in [3.05, 3.63) is 48.3 Å². The van der Waals surface area contributed by atoms with Crippen LogP contribution in [0.1, 0.15) is 12.5 Å². The van der Waals surface area contributed by atoms with Gasteiger partial charge in [0.25, 0.3) is 0 Å². The van der Waals surface area contributed by atoms with Crippen LogP contribution in [0.4, 0.5) is 5.69 Å². The number of rotatable bonds is 5. The van der Waals surface area contributed by atoms with Crippen molar-refractivity contribution in [1.29, 1.82) is 0 Å². The van der Waals surface area contributed by atoms with Crippen molar-refractivity contribution < 1.29 is 4.74 Å². The SMILES string of the molecule is CCn1ccc(CNc2cccc(OC)c2)c1. The predicted octanol–water partition coefficient (Wildman–Crippen LogP) is 3.13. The molecule has 0 amide bonds. The second-order valence-corrected chi connectivity index (χ2v) is 3.94. The molecule has 0 bridgehead atoms. The number of benzene rings is 1. The summed E-state index contributed by atoms with van der Waals surface area (Å²) in [4.78, 5) is 0. The molecule has 2 rings (SSSR count). The van der Waals surface area contributed by atoms with E-state index in [9.17, 15) is 0 Å². The van der Waals surface area contributed by atoms with Gasteiger partial charge in [0, 0.05) is 37.2 Å². The number of hydrogen-bond acceptors (Lipinski definition) is 2. The Morgan fingerprint density at radius 1 is 1.29 bits per heavy atom. The van der Waals surface area contributed by atoms with E-state index >= 15 is 0 Å². The fourth-order valence-corrected chi connectivity index (χ4v) is 1.73. The summed E-state index contributed by atoms with van der Waals surface area (Å²) in [6.45, 7) is 3.98. The number of nitrogens with one attached hydrogen (secondary N) is 1. The quantitative estimate of drug-likeness (QED) is 0.854. The Balaban J connectivity index is 1.96. The summed E-state index contributed by atoms with van der Waals surface area (Å²) in [5.41, 5.74) is 2.36. The molecule has 0 saturated heterocycles. The molecule has 1 heterocycles. The Kier molecular flexibility index (Phi) is 3.70. The average molecular weight is 230 g/mol. The van der Waals surface area contributed by atoms with Gasteiger partial charge in [0.2, 0.25) is 0 Å². The summed E-state index contributed by atoms with van der Waals surface area (Å²) in [5, 5.41) is 3.38. The highest BCUT2D eigenvalue weighted by atomic mass is 16.5. The number of aromatic nitrogens is 1. The van der Waals surface area contributed by atoms with Crippen molar-refractivity contribution in [1.82, 2.24) is 4.57 Å². The lowest BCUT2D eigenvalue weighted by Gasteiger charge is -2.06. The van der Waals surface area contributed by atoms with Gasteiger partial charge in [0.1, 0.15) is 5.75 Å². The van der Waals surface area contributed by atoms with Crippen molar-refractivity contribution in [2.45, 2.75) is 20.0 Å². The van der Waals surface area contributed by atoms with Crippen LogP contribution in [0.25, 0.3) is 0 Å². The number of hydrogen-bond donors (Lipinski definition) is 1. The van der Waals surface area contributed by atoms with E-state index in [1.165, 1.54) is 5.56 Å². The maximum absolute atomic E-state index is 5.18. The molecule has 0 spiro atoms. The lowest BCUT2D eigenvalue weighted by molar-refractivity contribution is 0.415. The van der Waals surface area contributed by atoms with E-state index in [0.717, 1.165) is 24.5 Å². The molecule has 90 valence electrons. The van der Waals surface area contributed by atoms with E-state index in [4.69, 9.17) is 4.74 Å². The summed E-state index contributed by atoms with van der Waals surface area (Å²) >= 11 is 0. The number of ether oxygens (including phenoxy) is 1. The third-order valence-electron chi connectivity index (χ3n) is 2.74. The van der Waals surface area contributed by atoms with Gasteiger partial charge >= 0.3 is 0 Å². The summed E-state index contributed by atoms with van der Waals surface area (Å²) in [6, 6.07) is 10.1. The largest absolute Gasteiger partial charge is 0.497 e. The predicted molar refractivity (Wildman–Crippen MR) is 70.4 cm³/mol. The van der Waals surface area contributed by atoms with E-state index in [2.05, 4.69) is 35.3 Å². The molecule has 2 aromatic rings. The van der Waals surface area contributed by atoms with Gasteiger partial charge in [0.05, 0.1) is 7.11 Å². The van der Waals surface area contributed by atoms with Crippen LogP contribution in [-0.4, -0.2) is 11.7 Å². The lowest BCUT2D eigenvalue weighted by Crippen LogP contribution is -1.98. The van der Waals surface area contributed by atoms with Crippen LogP contribution in [0.2, 0.25) is 0 Å². The molecule has 0 aliphatic rings. The molecule has 3 heteroatoms. The molecule has 1 aromatic carbocycles. The minimum Gasteiger partial charge on any atom is -0.497 e. The molecule has 3 nitrogen and oxygen atoms in total. The Morgan fingerprint density at radius 2 is 2.18 bits per heavy atom. The van der Waals surface area contributed by atoms with Gasteiger partial charge in [0.15, 0.2) is 0 Å². The van der Waals surface area contributed by atoms with Crippen LogP contribution in [-0.2, 0) is 13.1 Å². The van der Waals surface area contributed by atoms with Gasteiger partial charge in [-0.05, 0) is 30.7 Å². The fraction of sp³-hybridized carbons (Fsp3) is 0.286. The van der Waals surface area contributed by atoms with Crippen molar-refractivity contribution >= 4 is 5.69 Å². The topological polar surface area (TPSA) is 26.2 Å². The monoisotopic (exact) mass is 230 g/mol. The Bertz CT molecular complexity index is 477. The van der Waals surface area contributed by atoms with E-state index in [-0.39, 0.29) is 0 Å². The summed E-state index contributed by atoms with van der Waals surface area (Å²) < 4.78 is 7.35. The van der Waals surface area contributed by atoms with Crippen LogP contribution >= 0.6 is 0 Å². The first-order valence-electron chi connectivity index (χ1n) is 5.84. The number of anilines is 1. The molecular formula is C14H18N2O. The Morgan fingerprint density at radius 3 is 2.88 bits per heavy atom. The molecular weight excluding hydrogens is 212 g/mol. The first kappa shape index (κ1) is 11.6. The lowest BCUT2D eigenvalue weighted by atomic mass is 10.3. The zero-order valence-electron chi connectivity index (χ0n) is 10.3. The molecule has 0 unspecified atom stereocenters. The normalized spacial score (nSPS) is 10.2. The second-order valence-electron chi connectivity index (χ2n) is 3.94. The highest BCUT2D eigenvalue weighted by Crippen LogP contribution is 2.17. The number of methoxy groups -OCH3 is 1. The summed E-state index contributed by atoms with van der Waals surface area (Å²) in [5.74, 6) is 0.876. The van der Waals surface area contributed by atoms with Gasteiger partial charge in [-0.15, -0.1) is 0 Å². The van der Waals surface area contributed by atoms with Crippen LogP contribution in [0.15, 0.2) is 42.7 Å². The van der Waals surface area contributed by atoms with Crippen LogP contribution < -0.4 is 10.1 Å². The minimum atomic E-state index is 0.833. The van der Waals surface area contributed by atoms with Gasteiger partial charge in [-0.1, -0.05) is 6.07 Å². The van der Waals surface area contributed by atoms with Crippen molar-refractivity contribution in [2.75, 3.05) is 12.4 Å². The third kappa shape index (κ3) is 3.03. The number of aryl methyl sites for hydroxylation is 1. The molecule has 17 heavy (non-hydrogen) atoms. The highest BCUT2D eigenvalue weighted by Gasteiger charge is 1.97. The van der Waals surface area contributed by atoms with Gasteiger partial charge in [-0.3, -0.25) is 0 Å². The molecule has 0 fully saturated rings. The van der Waals surface area contributed by atoms with Gasteiger partial charge < -0.3 is 14.6 Å². The first-order chi connectivity index (χ1) is 8.31. The van der Waals surface area contributed by atoms with Crippen molar-refractivity contribution in [3.8, 4) is 5.75 Å². The van der Waals surface area contributed by atoms with E-state index in [0.29, 0.717) is 0 Å². The van der Waals surface area contributed by atoms with Gasteiger partial charge in [-0.25, -0.2) is 0 Å². The van der Waals surface area contributed by atoms with E-state index in [1.54, 1.807) is 7.11 Å². The summed E-state index contributed by atoms with van der Waals surface area (Å²) in [6.07, 6.45) is 4.26. The van der Waals surface area contributed by atoms with E-state index in [1.807, 2.05) is 24.3 Å². The van der Waals surface area contributed by atoms with Crippen LogP contribution in [0.3, 0.4) is 0 Å². The van der Waals surface area contributed by atoms with Crippen LogP contribution in [0.5, 0.6) is 5.75 Å². The zero-order valence-corrected chi connectivity index (χ0v) is 10.3. The minimum absolute atomic E-state index is 0.833. The third-order valence-corrected chi connectivity index (χ3v) is 2.74. The second kappa shape index (κ2) is 5.43. The van der Waals surface area contributed by atoms with E-state index < -0.39 is 0 Å². The standard InChI is InChI=1S/C14H18N2O/c1-3-16-8-7-12(11-16)10-15-13-5-4-6-14(9-13)17-2/h4-9,11,15H,3,10H2,1-2H3. The maximum atomic E-state index is 5.18. The Hall–Kier alpha value is -1.90. The molecule has 1 N–H and O–H groups in total. The molecule has 0 saturated carbocycles. The molecule has 1 aromatic heterocycles. The van der Waals surface area contributed by atoms with Gasteiger partial charge in [-0.2, -0.15) is 0 Å². The number of nitrogens with zero attached hydrogens (tertiary/aromatic N) is 1. The average Bonchev–Trinajstić information content (AvgIpc) is 2.84.